The highest BCUT2D eigenvalue weighted by molar-refractivity contribution is 8.15. The minimum atomic E-state index is -7.80. The van der Waals surface area contributed by atoms with E-state index in [1.807, 2.05) is 0 Å². The molecule has 2 aliphatic rings. The van der Waals surface area contributed by atoms with Gasteiger partial charge in [-0.15, -0.1) is 0 Å². The van der Waals surface area contributed by atoms with Crippen molar-refractivity contribution in [3.05, 3.63) is 50.0 Å². The zero-order chi connectivity index (χ0) is 28.7. The van der Waals surface area contributed by atoms with Crippen LogP contribution in [-0.2, 0) is 19.7 Å². The summed E-state index contributed by atoms with van der Waals surface area (Å²) in [7, 11) is -15.0. The molecule has 0 heterocycles. The van der Waals surface area contributed by atoms with E-state index < -0.39 is 117 Å². The lowest BCUT2D eigenvalue weighted by molar-refractivity contribution is -0.0425. The van der Waals surface area contributed by atoms with Crippen LogP contribution >= 0.6 is 0 Å². The van der Waals surface area contributed by atoms with Gasteiger partial charge in [0.25, 0.3) is 9.84 Å². The summed E-state index contributed by atoms with van der Waals surface area (Å²) in [6.07, 6.45) is -19.9. The molecule has 0 radical (unpaired) electrons. The van der Waals surface area contributed by atoms with Gasteiger partial charge >= 0.3 is 5.51 Å². The highest BCUT2D eigenvalue weighted by Gasteiger charge is 2.64. The third-order valence-electron chi connectivity index (χ3n) is 5.38. The van der Waals surface area contributed by atoms with Crippen LogP contribution in [0.5, 0.6) is 0 Å². The predicted molar refractivity (Wildman–Crippen MR) is 93.6 cm³/mol. The lowest BCUT2D eigenvalue weighted by Gasteiger charge is -2.27. The fourth-order valence-corrected chi connectivity index (χ4v) is 7.95. The zero-order valence-electron chi connectivity index (χ0n) is 16.7. The Morgan fingerprint density at radius 3 is 1.49 bits per heavy atom. The molecule has 0 spiro atoms. The highest BCUT2D eigenvalue weighted by atomic mass is 32.3. The van der Waals surface area contributed by atoms with Crippen molar-refractivity contribution in [1.29, 1.82) is 0 Å². The molecule has 1 aromatic rings. The van der Waals surface area contributed by atoms with E-state index in [9.17, 15) is 73.9 Å². The van der Waals surface area contributed by atoms with Gasteiger partial charge in [0.1, 0.15) is 5.25 Å². The Morgan fingerprint density at radius 1 is 0.622 bits per heavy atom. The van der Waals surface area contributed by atoms with Gasteiger partial charge in [-0.25, -0.2) is 65.1 Å². The molecular formula is C17H6F14O4S2. The number of sulfone groups is 2. The molecule has 208 valence electrons. The Kier molecular flexibility index (Phi) is 6.97. The summed E-state index contributed by atoms with van der Waals surface area (Å²) < 4.78 is 240. The average Bonchev–Trinajstić information content (AvgIpc) is 2.97. The van der Waals surface area contributed by atoms with Crippen molar-refractivity contribution in [3.63, 3.8) is 0 Å². The second kappa shape index (κ2) is 8.84. The lowest BCUT2D eigenvalue weighted by atomic mass is 9.89. The number of hydrogen-bond donors (Lipinski definition) is 0. The summed E-state index contributed by atoms with van der Waals surface area (Å²) in [6, 6.07) is 0. The summed E-state index contributed by atoms with van der Waals surface area (Å²) in [5.74, 6) is -18.4. The summed E-state index contributed by atoms with van der Waals surface area (Å²) >= 11 is 0. The van der Waals surface area contributed by atoms with Gasteiger partial charge in [0, 0.05) is 5.56 Å². The first-order chi connectivity index (χ1) is 16.6. The molecule has 20 heteroatoms. The van der Waals surface area contributed by atoms with Crippen molar-refractivity contribution in [2.24, 2.45) is 0 Å². The molecule has 0 amide bonds. The van der Waals surface area contributed by atoms with Crippen molar-refractivity contribution in [2.45, 2.75) is 41.6 Å². The van der Waals surface area contributed by atoms with Crippen LogP contribution in [0, 0.1) is 23.3 Å². The number of benzene rings is 1. The Balaban J connectivity index is 2.56. The quantitative estimate of drug-likeness (QED) is 0.272. The van der Waals surface area contributed by atoms with Gasteiger partial charge in [-0.1, -0.05) is 0 Å². The molecule has 5 unspecified atom stereocenters. The predicted octanol–water partition coefficient (Wildman–Crippen LogP) is 5.17. The molecule has 1 saturated carbocycles. The number of rotatable bonds is 3. The van der Waals surface area contributed by atoms with Crippen LogP contribution in [0.1, 0.15) is 17.3 Å². The minimum Gasteiger partial charge on any atom is -0.243 e. The van der Waals surface area contributed by atoms with Crippen molar-refractivity contribution in [3.8, 4) is 0 Å². The molecule has 0 saturated heterocycles. The fraction of sp³-hybridized carbons (Fsp3) is 0.412. The fourth-order valence-electron chi connectivity index (χ4n) is 3.69. The average molecular weight is 604 g/mol. The monoisotopic (exact) mass is 604 g/mol. The number of fused-ring (bicyclic) bond motifs is 1. The largest absolute Gasteiger partial charge is 0.502 e. The normalized spacial score (nSPS) is 30.5. The van der Waals surface area contributed by atoms with E-state index in [1.54, 1.807) is 0 Å². The smallest absolute Gasteiger partial charge is 0.243 e. The van der Waals surface area contributed by atoms with E-state index in [4.69, 9.17) is 0 Å². The highest BCUT2D eigenvalue weighted by Crippen LogP contribution is 2.52. The maximum Gasteiger partial charge on any atom is 0.502 e. The number of allylic oxidation sites excluding steroid dienone is 2. The van der Waals surface area contributed by atoms with Crippen molar-refractivity contribution < 1.29 is 78.3 Å². The van der Waals surface area contributed by atoms with Crippen LogP contribution in [-0.4, -0.2) is 52.3 Å². The number of alkyl halides is 8. The molecule has 0 N–H and O–H groups in total. The molecule has 0 bridgehead atoms. The Labute approximate surface area is 196 Å². The van der Waals surface area contributed by atoms with Gasteiger partial charge in [-0.2, -0.15) is 13.2 Å². The molecule has 2 aliphatic carbocycles. The van der Waals surface area contributed by atoms with E-state index in [1.165, 1.54) is 0 Å². The van der Waals surface area contributed by atoms with E-state index in [-0.39, 0.29) is 0 Å². The summed E-state index contributed by atoms with van der Waals surface area (Å²) in [5.41, 5.74) is -15.2. The molecule has 1 fully saturated rings. The van der Waals surface area contributed by atoms with Crippen molar-refractivity contribution in [1.82, 2.24) is 0 Å². The van der Waals surface area contributed by atoms with Crippen molar-refractivity contribution >= 4 is 25.5 Å². The maximum absolute atomic E-state index is 15.1. The first-order valence-electron chi connectivity index (χ1n) is 9.05. The van der Waals surface area contributed by atoms with Gasteiger partial charge < -0.3 is 0 Å². The second-order valence-electron chi connectivity index (χ2n) is 7.47. The molecule has 0 aliphatic heterocycles. The SMILES string of the molecule is O=S(=O)(C(=C1C(F)=C(F)c2c(F)c(F)c(F)c(F)c2C1F)S(=O)(=O)C(F)(F)F)C1C(F)C(F)C(F)C1F. The molecule has 4 nitrogen and oxygen atoms in total. The van der Waals surface area contributed by atoms with Gasteiger partial charge in [-0.3, -0.25) is 0 Å². The Morgan fingerprint density at radius 2 is 1.05 bits per heavy atom. The van der Waals surface area contributed by atoms with Crippen molar-refractivity contribution in [2.75, 3.05) is 0 Å². The van der Waals surface area contributed by atoms with Crippen LogP contribution < -0.4 is 0 Å². The van der Waals surface area contributed by atoms with E-state index in [0.717, 1.165) is 0 Å². The number of hydrogen-bond acceptors (Lipinski definition) is 4. The lowest BCUT2D eigenvalue weighted by Crippen LogP contribution is -2.41. The Hall–Kier alpha value is -2.38. The van der Waals surface area contributed by atoms with Gasteiger partial charge in [-0.05, 0) is 0 Å². The zero-order valence-corrected chi connectivity index (χ0v) is 18.3. The second-order valence-corrected chi connectivity index (χ2v) is 11.7. The third-order valence-corrected chi connectivity index (χ3v) is 10.0. The first kappa shape index (κ1) is 29.2. The topological polar surface area (TPSA) is 68.3 Å². The summed E-state index contributed by atoms with van der Waals surface area (Å²) in [4.78, 5) is 0. The van der Waals surface area contributed by atoms with E-state index in [2.05, 4.69) is 0 Å². The van der Waals surface area contributed by atoms with Crippen LogP contribution in [0.2, 0.25) is 0 Å². The third kappa shape index (κ3) is 3.92. The van der Waals surface area contributed by atoms with Gasteiger partial charge in [0.15, 0.2) is 79.9 Å². The first-order valence-corrected chi connectivity index (χ1v) is 12.1. The maximum atomic E-state index is 15.1. The van der Waals surface area contributed by atoms with Crippen LogP contribution in [0.4, 0.5) is 61.5 Å². The van der Waals surface area contributed by atoms with Gasteiger partial charge in [0.05, 0.1) is 11.1 Å². The molecule has 0 aromatic heterocycles. The molecule has 37 heavy (non-hydrogen) atoms. The standard InChI is InChI=1S/C17H6F14O4S2/c18-4-1-2(7(21)10(24)9(23)6(1)20)5(19)8(22)3(4)16(37(34,35)17(29,30)31)36(32,33)15-13(27)11(25)12(26)14(15)28/h4,11-15H. The number of halogens is 14. The van der Waals surface area contributed by atoms with Crippen LogP contribution in [0.15, 0.2) is 15.6 Å². The molecule has 1 aromatic carbocycles. The van der Waals surface area contributed by atoms with Crippen LogP contribution in [0.25, 0.3) is 5.83 Å². The minimum absolute atomic E-state index is 2.48. The molecule has 5 atom stereocenters. The molecular weight excluding hydrogens is 598 g/mol. The molecule has 3 rings (SSSR count). The van der Waals surface area contributed by atoms with Gasteiger partial charge in [0.2, 0.25) is 0 Å². The Bertz CT molecular complexity index is 1430. The van der Waals surface area contributed by atoms with E-state index >= 15 is 4.39 Å². The summed E-state index contributed by atoms with van der Waals surface area (Å²) in [5, 5.41) is -4.08. The van der Waals surface area contributed by atoms with Crippen LogP contribution in [0.3, 0.4) is 0 Å². The van der Waals surface area contributed by atoms with E-state index in [0.29, 0.717) is 0 Å². The summed E-state index contributed by atoms with van der Waals surface area (Å²) in [6.45, 7) is 0.